The van der Waals surface area contributed by atoms with Gasteiger partial charge < -0.3 is 0 Å². The van der Waals surface area contributed by atoms with Gasteiger partial charge >= 0.3 is 0 Å². The molecule has 0 bridgehead atoms. The van der Waals surface area contributed by atoms with Gasteiger partial charge in [-0.3, -0.25) is 9.97 Å². The van der Waals surface area contributed by atoms with E-state index in [0.717, 1.165) is 16.4 Å². The fraction of sp³-hybridized carbons (Fsp3) is 0. The summed E-state index contributed by atoms with van der Waals surface area (Å²) in [5, 5.41) is 10.9. The third-order valence-corrected chi connectivity index (χ3v) is 3.28. The summed E-state index contributed by atoms with van der Waals surface area (Å²) in [5.41, 5.74) is 2.61. The van der Waals surface area contributed by atoms with Crippen molar-refractivity contribution in [3.05, 3.63) is 84.7 Å². The van der Waals surface area contributed by atoms with Crippen LogP contribution in [0.2, 0.25) is 0 Å². The van der Waals surface area contributed by atoms with Crippen molar-refractivity contribution in [2.24, 2.45) is 0 Å². The van der Waals surface area contributed by atoms with Gasteiger partial charge in [-0.15, -0.1) is 0 Å². The standard InChI is InChI=1S/C10H6N2.C9H7N/c11-7-8-5-6-12-10-4-2-1-3-9(8)10;1-2-6-9-8(4-1)5-3-7-10-9/h1-6H;1-7H. The summed E-state index contributed by atoms with van der Waals surface area (Å²) < 4.78 is 0. The number of nitriles is 1. The van der Waals surface area contributed by atoms with E-state index in [1.54, 1.807) is 12.3 Å². The minimum Gasteiger partial charge on any atom is -0.256 e. The quantitative estimate of drug-likeness (QED) is 0.482. The molecular weight excluding hydrogens is 270 g/mol. The van der Waals surface area contributed by atoms with Crippen LogP contribution in [-0.2, 0) is 0 Å². The number of para-hydroxylation sites is 2. The highest BCUT2D eigenvalue weighted by Crippen LogP contribution is 2.14. The van der Waals surface area contributed by atoms with Crippen LogP contribution in [0.3, 0.4) is 0 Å². The lowest BCUT2D eigenvalue weighted by molar-refractivity contribution is 1.39. The Kier molecular flexibility index (Phi) is 4.03. The monoisotopic (exact) mass is 283 g/mol. The summed E-state index contributed by atoms with van der Waals surface area (Å²) in [4.78, 5) is 8.32. The fourth-order valence-corrected chi connectivity index (χ4v) is 2.21. The highest BCUT2D eigenvalue weighted by atomic mass is 14.6. The SMILES string of the molecule is N#Cc1ccnc2ccccc12.c1ccc2ncccc2c1. The minimum absolute atomic E-state index is 0.681. The Morgan fingerprint density at radius 3 is 2.18 bits per heavy atom. The van der Waals surface area contributed by atoms with Gasteiger partial charge in [0.15, 0.2) is 0 Å². The first-order valence-electron chi connectivity index (χ1n) is 6.92. The Bertz CT molecular complexity index is 884. The van der Waals surface area contributed by atoms with Gasteiger partial charge in [-0.05, 0) is 24.3 Å². The van der Waals surface area contributed by atoms with E-state index in [-0.39, 0.29) is 0 Å². The summed E-state index contributed by atoms with van der Waals surface area (Å²) in [5.74, 6) is 0. The molecule has 0 radical (unpaired) electrons. The maximum Gasteiger partial charge on any atom is 0.0999 e. The summed E-state index contributed by atoms with van der Waals surface area (Å²) in [6, 6.07) is 23.6. The molecule has 2 heterocycles. The number of pyridine rings is 2. The summed E-state index contributed by atoms with van der Waals surface area (Å²) in [7, 11) is 0. The number of rotatable bonds is 0. The lowest BCUT2D eigenvalue weighted by atomic mass is 10.1. The smallest absolute Gasteiger partial charge is 0.0999 e. The zero-order chi connectivity index (χ0) is 15.2. The Morgan fingerprint density at radius 1 is 0.682 bits per heavy atom. The first-order chi connectivity index (χ1) is 10.9. The molecule has 104 valence electrons. The molecule has 0 saturated carbocycles. The van der Waals surface area contributed by atoms with Crippen LogP contribution in [0.4, 0.5) is 0 Å². The Morgan fingerprint density at radius 2 is 1.36 bits per heavy atom. The van der Waals surface area contributed by atoms with Crippen molar-refractivity contribution in [3.63, 3.8) is 0 Å². The number of hydrogen-bond acceptors (Lipinski definition) is 3. The topological polar surface area (TPSA) is 49.6 Å². The van der Waals surface area contributed by atoms with Crippen LogP contribution < -0.4 is 0 Å². The van der Waals surface area contributed by atoms with Gasteiger partial charge in [0, 0.05) is 23.2 Å². The largest absolute Gasteiger partial charge is 0.256 e. The third-order valence-electron chi connectivity index (χ3n) is 3.28. The molecule has 0 amide bonds. The van der Waals surface area contributed by atoms with Gasteiger partial charge in [0.2, 0.25) is 0 Å². The van der Waals surface area contributed by atoms with E-state index in [1.165, 1.54) is 5.39 Å². The maximum atomic E-state index is 8.76. The van der Waals surface area contributed by atoms with E-state index in [9.17, 15) is 0 Å². The second-order valence-corrected chi connectivity index (χ2v) is 4.68. The third kappa shape index (κ3) is 2.92. The molecular formula is C19H13N3. The van der Waals surface area contributed by atoms with Crippen molar-refractivity contribution in [2.75, 3.05) is 0 Å². The van der Waals surface area contributed by atoms with Crippen LogP contribution in [0.15, 0.2) is 79.1 Å². The molecule has 2 aromatic carbocycles. The van der Waals surface area contributed by atoms with Crippen molar-refractivity contribution >= 4 is 21.8 Å². The molecule has 0 fully saturated rings. The second kappa shape index (κ2) is 6.47. The fourth-order valence-electron chi connectivity index (χ4n) is 2.21. The lowest BCUT2D eigenvalue weighted by Gasteiger charge is -1.96. The van der Waals surface area contributed by atoms with Gasteiger partial charge in [0.25, 0.3) is 0 Å². The van der Waals surface area contributed by atoms with Crippen molar-refractivity contribution < 1.29 is 0 Å². The van der Waals surface area contributed by atoms with E-state index >= 15 is 0 Å². The summed E-state index contributed by atoms with van der Waals surface area (Å²) >= 11 is 0. The van der Waals surface area contributed by atoms with E-state index in [1.807, 2.05) is 54.7 Å². The van der Waals surface area contributed by atoms with E-state index < -0.39 is 0 Å². The molecule has 0 aliphatic carbocycles. The number of fused-ring (bicyclic) bond motifs is 2. The molecule has 0 aliphatic heterocycles. The van der Waals surface area contributed by atoms with Crippen LogP contribution in [0.25, 0.3) is 21.8 Å². The molecule has 4 rings (SSSR count). The summed E-state index contributed by atoms with van der Waals surface area (Å²) in [6.45, 7) is 0. The molecule has 0 unspecified atom stereocenters. The lowest BCUT2D eigenvalue weighted by Crippen LogP contribution is -1.81. The molecule has 0 N–H and O–H groups in total. The maximum absolute atomic E-state index is 8.76. The molecule has 0 saturated heterocycles. The van der Waals surface area contributed by atoms with Crippen LogP contribution >= 0.6 is 0 Å². The van der Waals surface area contributed by atoms with Crippen molar-refractivity contribution in [2.45, 2.75) is 0 Å². The summed E-state index contributed by atoms with van der Waals surface area (Å²) in [6.07, 6.45) is 3.46. The van der Waals surface area contributed by atoms with Crippen LogP contribution in [0.5, 0.6) is 0 Å². The molecule has 0 aliphatic rings. The van der Waals surface area contributed by atoms with Gasteiger partial charge in [0.05, 0.1) is 22.7 Å². The van der Waals surface area contributed by atoms with Crippen molar-refractivity contribution in [1.29, 1.82) is 5.26 Å². The average Bonchev–Trinajstić information content (AvgIpc) is 2.62. The first-order valence-corrected chi connectivity index (χ1v) is 6.92. The first kappa shape index (κ1) is 13.7. The van der Waals surface area contributed by atoms with Crippen LogP contribution in [0.1, 0.15) is 5.56 Å². The molecule has 3 heteroatoms. The minimum atomic E-state index is 0.681. The molecule has 2 aromatic heterocycles. The predicted octanol–water partition coefficient (Wildman–Crippen LogP) is 4.34. The zero-order valence-corrected chi connectivity index (χ0v) is 11.8. The number of hydrogen-bond donors (Lipinski definition) is 0. The zero-order valence-electron chi connectivity index (χ0n) is 11.8. The van der Waals surface area contributed by atoms with Gasteiger partial charge in [-0.1, -0.05) is 42.5 Å². The van der Waals surface area contributed by atoms with E-state index in [2.05, 4.69) is 28.2 Å². The van der Waals surface area contributed by atoms with Gasteiger partial charge in [-0.2, -0.15) is 5.26 Å². The predicted molar refractivity (Wildman–Crippen MR) is 88.2 cm³/mol. The van der Waals surface area contributed by atoms with Crippen molar-refractivity contribution in [3.8, 4) is 6.07 Å². The highest BCUT2D eigenvalue weighted by molar-refractivity contribution is 5.84. The molecule has 4 aromatic rings. The van der Waals surface area contributed by atoms with Crippen LogP contribution in [-0.4, -0.2) is 9.97 Å². The van der Waals surface area contributed by atoms with E-state index in [4.69, 9.17) is 5.26 Å². The normalized spacial score (nSPS) is 9.77. The Hall–Kier alpha value is -3.25. The highest BCUT2D eigenvalue weighted by Gasteiger charge is 1.97. The number of nitrogens with zero attached hydrogens (tertiary/aromatic N) is 3. The number of benzene rings is 2. The molecule has 0 atom stereocenters. The van der Waals surface area contributed by atoms with Gasteiger partial charge in [-0.25, -0.2) is 0 Å². The van der Waals surface area contributed by atoms with E-state index in [0.29, 0.717) is 5.56 Å². The Labute approximate surface area is 128 Å². The Balaban J connectivity index is 0.000000133. The van der Waals surface area contributed by atoms with Gasteiger partial charge in [0.1, 0.15) is 0 Å². The average molecular weight is 283 g/mol. The van der Waals surface area contributed by atoms with Crippen molar-refractivity contribution in [1.82, 2.24) is 9.97 Å². The molecule has 0 spiro atoms. The molecule has 3 nitrogen and oxygen atoms in total. The second-order valence-electron chi connectivity index (χ2n) is 4.68. The molecule has 22 heavy (non-hydrogen) atoms. The van der Waals surface area contributed by atoms with Crippen LogP contribution in [0, 0.1) is 11.3 Å². The number of aromatic nitrogens is 2.